The Bertz CT molecular complexity index is 777. The summed E-state index contributed by atoms with van der Waals surface area (Å²) in [4.78, 5) is 12.9. The van der Waals surface area contributed by atoms with Gasteiger partial charge in [0.15, 0.2) is 5.82 Å². The number of allylic oxidation sites excluding steroid dienone is 2. The van der Waals surface area contributed by atoms with E-state index in [1.54, 1.807) is 24.3 Å². The summed E-state index contributed by atoms with van der Waals surface area (Å²) in [6.45, 7) is 9.46. The van der Waals surface area contributed by atoms with Crippen LogP contribution in [0.3, 0.4) is 0 Å². The molecule has 0 aromatic heterocycles. The van der Waals surface area contributed by atoms with Crippen LogP contribution in [-0.2, 0) is 0 Å². The largest absolute Gasteiger partial charge is 0.362 e. The molecule has 2 nitrogen and oxygen atoms in total. The van der Waals surface area contributed by atoms with Crippen LogP contribution in [0.4, 0.5) is 10.1 Å². The number of halogens is 1. The summed E-state index contributed by atoms with van der Waals surface area (Å²) in [6.07, 6.45) is 4.97. The molecule has 126 valence electrons. The van der Waals surface area contributed by atoms with Gasteiger partial charge in [0.1, 0.15) is 6.29 Å². The predicted molar refractivity (Wildman–Crippen MR) is 100 cm³/mol. The van der Waals surface area contributed by atoms with Crippen molar-refractivity contribution in [2.24, 2.45) is 0 Å². The van der Waals surface area contributed by atoms with Crippen LogP contribution in [-0.4, -0.2) is 19.4 Å². The van der Waals surface area contributed by atoms with E-state index in [4.69, 9.17) is 0 Å². The zero-order chi connectivity index (χ0) is 17.7. The van der Waals surface area contributed by atoms with Crippen molar-refractivity contribution < 1.29 is 9.18 Å². The zero-order valence-electron chi connectivity index (χ0n) is 14.8. The molecule has 0 heterocycles. The van der Waals surface area contributed by atoms with Gasteiger partial charge >= 0.3 is 0 Å². The molecule has 0 N–H and O–H groups in total. The summed E-state index contributed by atoms with van der Waals surface area (Å²) >= 11 is 0. The number of nitrogens with zero attached hydrogens (tertiary/aromatic N) is 1. The summed E-state index contributed by atoms with van der Waals surface area (Å²) in [6, 6.07) is 8.71. The average Bonchev–Trinajstić information content (AvgIpc) is 2.55. The molecule has 24 heavy (non-hydrogen) atoms. The van der Waals surface area contributed by atoms with Gasteiger partial charge < -0.3 is 4.90 Å². The quantitative estimate of drug-likeness (QED) is 0.514. The number of carbonyl (C=O) groups excluding carboxylic acids is 1. The van der Waals surface area contributed by atoms with Crippen LogP contribution in [0.1, 0.15) is 38.1 Å². The zero-order valence-corrected chi connectivity index (χ0v) is 14.8. The molecule has 2 rings (SSSR count). The lowest BCUT2D eigenvalue weighted by molar-refractivity contribution is 0.112. The lowest BCUT2D eigenvalue weighted by atomic mass is 10.1. The van der Waals surface area contributed by atoms with Gasteiger partial charge in [-0.15, -0.1) is 0 Å². The van der Waals surface area contributed by atoms with Crippen molar-refractivity contribution in [2.45, 2.75) is 27.7 Å². The van der Waals surface area contributed by atoms with Gasteiger partial charge in [-0.25, -0.2) is 4.39 Å². The smallest absolute Gasteiger partial charge is 0.154 e. The van der Waals surface area contributed by atoms with E-state index in [0.29, 0.717) is 29.7 Å². The maximum Gasteiger partial charge on any atom is 0.154 e. The molecule has 2 aromatic rings. The van der Waals surface area contributed by atoms with Gasteiger partial charge in [-0.05, 0) is 45.2 Å². The number of fused-ring (bicyclic) bond motifs is 1. The topological polar surface area (TPSA) is 20.3 Å². The molecule has 0 aliphatic carbocycles. The highest BCUT2D eigenvalue weighted by atomic mass is 19.1. The second kappa shape index (κ2) is 7.91. The van der Waals surface area contributed by atoms with Crippen LogP contribution < -0.4 is 4.90 Å². The highest BCUT2D eigenvalue weighted by Crippen LogP contribution is 2.28. The van der Waals surface area contributed by atoms with E-state index >= 15 is 4.39 Å². The number of carbonyl (C=O) groups is 1. The first-order valence-corrected chi connectivity index (χ1v) is 8.11. The molecule has 0 spiro atoms. The molecule has 0 amide bonds. The van der Waals surface area contributed by atoms with Crippen LogP contribution in [0.15, 0.2) is 53.6 Å². The van der Waals surface area contributed by atoms with Crippen molar-refractivity contribution in [1.29, 1.82) is 0 Å². The molecule has 0 saturated carbocycles. The lowest BCUT2D eigenvalue weighted by Crippen LogP contribution is -2.24. The minimum absolute atomic E-state index is 0.241. The molecule has 2 aromatic carbocycles. The van der Waals surface area contributed by atoms with E-state index in [1.165, 1.54) is 11.1 Å². The summed E-state index contributed by atoms with van der Waals surface area (Å²) in [5.41, 5.74) is 3.54. The van der Waals surface area contributed by atoms with Crippen LogP contribution in [0, 0.1) is 5.82 Å². The fourth-order valence-corrected chi connectivity index (χ4v) is 2.47. The fourth-order valence-electron chi connectivity index (χ4n) is 2.47. The molecule has 0 aliphatic heterocycles. The van der Waals surface area contributed by atoms with Gasteiger partial charge in [-0.3, -0.25) is 4.79 Å². The van der Waals surface area contributed by atoms with Gasteiger partial charge in [-0.2, -0.15) is 0 Å². The first kappa shape index (κ1) is 17.9. The third-order valence-electron chi connectivity index (χ3n) is 3.87. The highest BCUT2D eigenvalue weighted by Gasteiger charge is 2.13. The number of hydrogen-bond acceptors (Lipinski definition) is 2. The van der Waals surface area contributed by atoms with Crippen molar-refractivity contribution >= 4 is 22.7 Å². The minimum Gasteiger partial charge on any atom is -0.362 e. The number of benzene rings is 2. The van der Waals surface area contributed by atoms with E-state index in [-0.39, 0.29) is 5.82 Å². The fraction of sp³-hybridized carbons (Fsp3) is 0.286. The molecule has 0 unspecified atom stereocenters. The van der Waals surface area contributed by atoms with Crippen molar-refractivity contribution in [2.75, 3.05) is 18.0 Å². The molecule has 0 fully saturated rings. The summed E-state index contributed by atoms with van der Waals surface area (Å²) in [5.74, 6) is -0.241. The normalized spacial score (nSPS) is 10.4. The summed E-state index contributed by atoms with van der Waals surface area (Å²) in [5, 5.41) is 1.28. The molecule has 0 radical (unpaired) electrons. The second-order valence-corrected chi connectivity index (χ2v) is 6.47. The Kier molecular flexibility index (Phi) is 5.91. The maximum absolute atomic E-state index is 15.0. The van der Waals surface area contributed by atoms with Crippen molar-refractivity contribution in [3.63, 3.8) is 0 Å². The molecular formula is C21H24FNO. The molecule has 0 bridgehead atoms. The molecule has 0 aliphatic rings. The van der Waals surface area contributed by atoms with E-state index < -0.39 is 0 Å². The Balaban J connectivity index is 2.48. The van der Waals surface area contributed by atoms with Gasteiger partial charge in [0.25, 0.3) is 0 Å². The maximum atomic E-state index is 15.0. The first-order chi connectivity index (χ1) is 11.4. The molecule has 3 heteroatoms. The number of aldehydes is 1. The van der Waals surface area contributed by atoms with Gasteiger partial charge in [0.2, 0.25) is 0 Å². The molecular weight excluding hydrogens is 301 g/mol. The molecule has 0 saturated heterocycles. The van der Waals surface area contributed by atoms with E-state index in [0.717, 1.165) is 11.7 Å². The monoisotopic (exact) mass is 325 g/mol. The summed E-state index contributed by atoms with van der Waals surface area (Å²) < 4.78 is 15.0. The van der Waals surface area contributed by atoms with Gasteiger partial charge in [-0.1, -0.05) is 41.5 Å². The number of rotatable bonds is 6. The highest BCUT2D eigenvalue weighted by molar-refractivity contribution is 5.91. The van der Waals surface area contributed by atoms with Crippen LogP contribution in [0.25, 0.3) is 10.8 Å². The van der Waals surface area contributed by atoms with Gasteiger partial charge in [0, 0.05) is 24.0 Å². The van der Waals surface area contributed by atoms with Crippen LogP contribution in [0.2, 0.25) is 0 Å². The van der Waals surface area contributed by atoms with Crippen LogP contribution >= 0.6 is 0 Å². The Morgan fingerprint density at radius 1 is 1.00 bits per heavy atom. The van der Waals surface area contributed by atoms with Crippen molar-refractivity contribution in [1.82, 2.24) is 0 Å². The summed E-state index contributed by atoms with van der Waals surface area (Å²) in [7, 11) is 0. The Morgan fingerprint density at radius 2 is 1.62 bits per heavy atom. The number of hydrogen-bond donors (Lipinski definition) is 0. The predicted octanol–water partition coefficient (Wildman–Crippen LogP) is 5.53. The third kappa shape index (κ3) is 4.31. The SMILES string of the molecule is CC(C)=CCN(CC=C(C)C)c1ccc2cc(C=O)ccc2c1F. The average molecular weight is 325 g/mol. The van der Waals surface area contributed by atoms with Crippen molar-refractivity contribution in [3.8, 4) is 0 Å². The third-order valence-corrected chi connectivity index (χ3v) is 3.87. The molecule has 0 atom stereocenters. The van der Waals surface area contributed by atoms with Gasteiger partial charge in [0.05, 0.1) is 5.69 Å². The first-order valence-electron chi connectivity index (χ1n) is 8.11. The van der Waals surface area contributed by atoms with Crippen molar-refractivity contribution in [3.05, 3.63) is 65.0 Å². The van der Waals surface area contributed by atoms with Crippen LogP contribution in [0.5, 0.6) is 0 Å². The lowest BCUT2D eigenvalue weighted by Gasteiger charge is -2.24. The Morgan fingerprint density at radius 3 is 2.17 bits per heavy atom. The van der Waals surface area contributed by atoms with E-state index in [1.807, 2.05) is 38.7 Å². The number of anilines is 1. The minimum atomic E-state index is -0.241. The standard InChI is InChI=1S/C21H24FNO/c1-15(2)9-11-23(12-10-16(3)4)20-8-6-18-13-17(14-24)5-7-19(18)21(20)22/h5-10,13-14H,11-12H2,1-4H3. The Hall–Kier alpha value is -2.42. The Labute approximate surface area is 143 Å². The van der Waals surface area contributed by atoms with E-state index in [9.17, 15) is 4.79 Å². The second-order valence-electron chi connectivity index (χ2n) is 6.47. The van der Waals surface area contributed by atoms with E-state index in [2.05, 4.69) is 12.2 Å².